The van der Waals surface area contributed by atoms with Gasteiger partial charge >= 0.3 is 0 Å². The summed E-state index contributed by atoms with van der Waals surface area (Å²) in [6, 6.07) is 23.1. The summed E-state index contributed by atoms with van der Waals surface area (Å²) in [7, 11) is 0. The summed E-state index contributed by atoms with van der Waals surface area (Å²) in [4.78, 5) is 2.26. The second-order valence-electron chi connectivity index (χ2n) is 4.42. The van der Waals surface area contributed by atoms with Crippen LogP contribution in [0.15, 0.2) is 78.7 Å². The van der Waals surface area contributed by atoms with Crippen molar-refractivity contribution in [1.29, 1.82) is 0 Å². The molecule has 1 aromatic heterocycles. The number of hydrogen-bond donors (Lipinski definition) is 0. The van der Waals surface area contributed by atoms with Crippen LogP contribution in [0.4, 0.5) is 16.4 Å². The van der Waals surface area contributed by atoms with Crippen molar-refractivity contribution >= 4 is 33.8 Å². The van der Waals surface area contributed by atoms with E-state index in [1.807, 2.05) is 12.1 Å². The Morgan fingerprint density at radius 1 is 0.800 bits per heavy atom. The Kier molecular flexibility index (Phi) is 3.66. The van der Waals surface area contributed by atoms with Gasteiger partial charge in [0.15, 0.2) is 0 Å². The number of benzene rings is 2. The zero-order valence-corrected chi connectivity index (χ0v) is 11.9. The van der Waals surface area contributed by atoms with Gasteiger partial charge in [-0.2, -0.15) is 0 Å². The maximum absolute atomic E-state index is 3.80. The van der Waals surface area contributed by atoms with E-state index >= 15 is 0 Å². The second kappa shape index (κ2) is 5.76. The molecule has 0 fully saturated rings. The third-order valence-electron chi connectivity index (χ3n) is 3.13. The van der Waals surface area contributed by atoms with Gasteiger partial charge in [0.2, 0.25) is 0 Å². The molecule has 2 heteroatoms. The van der Waals surface area contributed by atoms with Gasteiger partial charge in [0.25, 0.3) is 0 Å². The predicted octanol–water partition coefficient (Wildman–Crippen LogP) is 5.86. The minimum atomic E-state index is 1.13. The van der Waals surface area contributed by atoms with Crippen molar-refractivity contribution in [3.8, 4) is 0 Å². The van der Waals surface area contributed by atoms with Crippen LogP contribution in [0.2, 0.25) is 0 Å². The molecule has 0 amide bonds. The molecule has 2 aromatic carbocycles. The number of anilines is 3. The van der Waals surface area contributed by atoms with E-state index in [4.69, 9.17) is 0 Å². The van der Waals surface area contributed by atoms with Crippen LogP contribution in [0.5, 0.6) is 0 Å². The van der Waals surface area contributed by atoms with Gasteiger partial charge in [-0.05, 0) is 47.3 Å². The van der Waals surface area contributed by atoms with E-state index in [2.05, 4.69) is 77.5 Å². The van der Waals surface area contributed by atoms with E-state index in [-0.39, 0.29) is 0 Å². The van der Waals surface area contributed by atoms with Crippen LogP contribution < -0.4 is 4.90 Å². The van der Waals surface area contributed by atoms with Gasteiger partial charge in [-0.1, -0.05) is 43.0 Å². The van der Waals surface area contributed by atoms with Crippen LogP contribution in [-0.4, -0.2) is 0 Å². The largest absolute Gasteiger partial charge is 0.302 e. The van der Waals surface area contributed by atoms with Crippen molar-refractivity contribution in [2.45, 2.75) is 0 Å². The Morgan fingerprint density at radius 3 is 2.10 bits per heavy atom. The van der Waals surface area contributed by atoms with Gasteiger partial charge in [-0.3, -0.25) is 0 Å². The minimum absolute atomic E-state index is 1.13. The number of rotatable bonds is 4. The average molecular weight is 277 g/mol. The molecule has 0 radical (unpaired) electrons. The van der Waals surface area contributed by atoms with Gasteiger partial charge in [0.1, 0.15) is 0 Å². The molecule has 0 spiro atoms. The predicted molar refractivity (Wildman–Crippen MR) is 89.1 cm³/mol. The smallest absolute Gasteiger partial charge is 0.0999 e. The lowest BCUT2D eigenvalue weighted by Crippen LogP contribution is -2.07. The van der Waals surface area contributed by atoms with E-state index in [9.17, 15) is 0 Å². The van der Waals surface area contributed by atoms with Gasteiger partial charge in [-0.15, -0.1) is 11.3 Å². The van der Waals surface area contributed by atoms with Crippen molar-refractivity contribution < 1.29 is 0 Å². The summed E-state index contributed by atoms with van der Waals surface area (Å²) in [5.41, 5.74) is 3.46. The first-order chi connectivity index (χ1) is 9.88. The number of para-hydroxylation sites is 1. The molecule has 0 N–H and O–H groups in total. The highest BCUT2D eigenvalue weighted by atomic mass is 32.1. The summed E-state index contributed by atoms with van der Waals surface area (Å²) in [6.07, 6.45) is 1.86. The monoisotopic (exact) mass is 277 g/mol. The van der Waals surface area contributed by atoms with E-state index in [1.165, 1.54) is 10.7 Å². The summed E-state index contributed by atoms with van der Waals surface area (Å²) in [5, 5.41) is 3.31. The SMILES string of the molecule is C=Cc1ccc(N(c2ccccc2)c2cccs2)cc1. The van der Waals surface area contributed by atoms with E-state index in [0.29, 0.717) is 0 Å². The lowest BCUT2D eigenvalue weighted by Gasteiger charge is -2.23. The maximum atomic E-state index is 3.80. The molecule has 0 saturated heterocycles. The fraction of sp³-hybridized carbons (Fsp3) is 0. The van der Waals surface area contributed by atoms with Gasteiger partial charge in [-0.25, -0.2) is 0 Å². The maximum Gasteiger partial charge on any atom is 0.0999 e. The summed E-state index contributed by atoms with van der Waals surface area (Å²) in [5.74, 6) is 0. The van der Waals surface area contributed by atoms with Crippen LogP contribution >= 0.6 is 11.3 Å². The van der Waals surface area contributed by atoms with Crippen LogP contribution in [0, 0.1) is 0 Å². The molecule has 0 aliphatic rings. The first-order valence-corrected chi connectivity index (χ1v) is 7.37. The Labute approximate surface area is 123 Å². The van der Waals surface area contributed by atoms with Crippen LogP contribution in [0.25, 0.3) is 6.08 Å². The highest BCUT2D eigenvalue weighted by Crippen LogP contribution is 2.36. The summed E-state index contributed by atoms with van der Waals surface area (Å²) >= 11 is 1.74. The Balaban J connectivity index is 2.07. The Morgan fingerprint density at radius 2 is 1.50 bits per heavy atom. The average Bonchev–Trinajstić information content (AvgIpc) is 3.03. The van der Waals surface area contributed by atoms with E-state index in [0.717, 1.165) is 11.3 Å². The van der Waals surface area contributed by atoms with Crippen LogP contribution in [0.3, 0.4) is 0 Å². The van der Waals surface area contributed by atoms with Crippen LogP contribution in [-0.2, 0) is 0 Å². The first kappa shape index (κ1) is 12.7. The van der Waals surface area contributed by atoms with Crippen molar-refractivity contribution in [3.05, 3.63) is 84.3 Å². The molecule has 3 rings (SSSR count). The Bertz CT molecular complexity index is 669. The molecule has 0 aliphatic heterocycles. The zero-order chi connectivity index (χ0) is 13.8. The molecule has 3 aromatic rings. The highest BCUT2D eigenvalue weighted by Gasteiger charge is 2.12. The van der Waals surface area contributed by atoms with E-state index < -0.39 is 0 Å². The molecule has 20 heavy (non-hydrogen) atoms. The third kappa shape index (κ3) is 2.51. The molecule has 0 unspecified atom stereocenters. The first-order valence-electron chi connectivity index (χ1n) is 6.49. The van der Waals surface area contributed by atoms with Crippen molar-refractivity contribution in [2.75, 3.05) is 4.90 Å². The van der Waals surface area contributed by atoms with Crippen LogP contribution in [0.1, 0.15) is 5.56 Å². The fourth-order valence-corrected chi connectivity index (χ4v) is 2.91. The molecular formula is C18H15NS. The van der Waals surface area contributed by atoms with Crippen molar-refractivity contribution in [3.63, 3.8) is 0 Å². The van der Waals surface area contributed by atoms with E-state index in [1.54, 1.807) is 11.3 Å². The lowest BCUT2D eigenvalue weighted by molar-refractivity contribution is 1.31. The lowest BCUT2D eigenvalue weighted by atomic mass is 10.2. The molecule has 0 atom stereocenters. The molecule has 98 valence electrons. The quantitative estimate of drug-likeness (QED) is 0.577. The minimum Gasteiger partial charge on any atom is -0.302 e. The van der Waals surface area contributed by atoms with Gasteiger partial charge in [0, 0.05) is 11.4 Å². The summed E-state index contributed by atoms with van der Waals surface area (Å²) < 4.78 is 0. The standard InChI is InChI=1S/C18H15NS/c1-2-15-10-12-17(13-11-15)19(18-9-6-14-20-18)16-7-4-3-5-8-16/h2-14H,1H2. The number of thiophene rings is 1. The van der Waals surface area contributed by atoms with Gasteiger partial charge < -0.3 is 4.90 Å². The molecule has 0 saturated carbocycles. The van der Waals surface area contributed by atoms with Crippen molar-refractivity contribution in [1.82, 2.24) is 0 Å². The Hall–Kier alpha value is -2.32. The topological polar surface area (TPSA) is 3.24 Å². The fourth-order valence-electron chi connectivity index (χ4n) is 2.14. The van der Waals surface area contributed by atoms with Crippen molar-refractivity contribution in [2.24, 2.45) is 0 Å². The zero-order valence-electron chi connectivity index (χ0n) is 11.1. The molecule has 1 nitrogen and oxygen atoms in total. The number of nitrogens with zero attached hydrogens (tertiary/aromatic N) is 1. The second-order valence-corrected chi connectivity index (χ2v) is 5.34. The third-order valence-corrected chi connectivity index (χ3v) is 3.98. The number of hydrogen-bond acceptors (Lipinski definition) is 2. The van der Waals surface area contributed by atoms with Gasteiger partial charge in [0.05, 0.1) is 5.00 Å². The normalized spacial score (nSPS) is 10.2. The summed E-state index contributed by atoms with van der Waals surface area (Å²) in [6.45, 7) is 3.80. The molecule has 0 aliphatic carbocycles. The molecule has 1 heterocycles. The molecular weight excluding hydrogens is 262 g/mol. The molecule has 0 bridgehead atoms. The highest BCUT2D eigenvalue weighted by molar-refractivity contribution is 7.14.